The fourth-order valence-electron chi connectivity index (χ4n) is 3.48. The van der Waals surface area contributed by atoms with E-state index in [2.05, 4.69) is 15.8 Å². The van der Waals surface area contributed by atoms with E-state index in [0.717, 1.165) is 28.1 Å². The third-order valence-electron chi connectivity index (χ3n) is 4.64. The van der Waals surface area contributed by atoms with Crippen LogP contribution < -0.4 is 10.6 Å². The lowest BCUT2D eigenvalue weighted by molar-refractivity contribution is 0.142. The lowest BCUT2D eigenvalue weighted by Gasteiger charge is -2.19. The fourth-order valence-corrected chi connectivity index (χ4v) is 3.48. The smallest absolute Gasteiger partial charge is 0.315 e. The lowest BCUT2D eigenvalue weighted by Crippen LogP contribution is -2.42. The molecular formula is C18H23N3O3. The van der Waals surface area contributed by atoms with Gasteiger partial charge in [0.15, 0.2) is 0 Å². The number of hydrogen-bond acceptors (Lipinski definition) is 4. The number of fused-ring (bicyclic) bond motifs is 1. The average Bonchev–Trinajstić information content (AvgIpc) is 3.05. The molecule has 0 aliphatic heterocycles. The highest BCUT2D eigenvalue weighted by Gasteiger charge is 2.31. The Balaban J connectivity index is 1.59. The van der Waals surface area contributed by atoms with Crippen molar-refractivity contribution in [1.82, 2.24) is 15.8 Å². The summed E-state index contributed by atoms with van der Waals surface area (Å²) >= 11 is 0. The minimum Gasteiger partial charge on any atom is -0.390 e. The quantitative estimate of drug-likeness (QED) is 0.803. The van der Waals surface area contributed by atoms with Crippen molar-refractivity contribution >= 4 is 6.03 Å². The van der Waals surface area contributed by atoms with Gasteiger partial charge in [-0.2, -0.15) is 0 Å². The molecule has 0 saturated heterocycles. The third kappa shape index (κ3) is 3.14. The van der Waals surface area contributed by atoms with Crippen LogP contribution in [0.15, 0.2) is 28.8 Å². The van der Waals surface area contributed by atoms with Gasteiger partial charge < -0.3 is 20.3 Å². The highest BCUT2D eigenvalue weighted by Crippen LogP contribution is 2.31. The minimum absolute atomic E-state index is 0.0998. The summed E-state index contributed by atoms with van der Waals surface area (Å²) in [5.74, 6) is 0.880. The average molecular weight is 329 g/mol. The van der Waals surface area contributed by atoms with Gasteiger partial charge in [-0.3, -0.25) is 0 Å². The van der Waals surface area contributed by atoms with Crippen LogP contribution in [0, 0.1) is 13.8 Å². The van der Waals surface area contributed by atoms with E-state index >= 15 is 0 Å². The maximum Gasteiger partial charge on any atom is 0.315 e. The van der Waals surface area contributed by atoms with Crippen molar-refractivity contribution in [2.45, 2.75) is 45.3 Å². The van der Waals surface area contributed by atoms with E-state index in [1.165, 1.54) is 0 Å². The Bertz CT molecular complexity index is 721. The van der Waals surface area contributed by atoms with Crippen molar-refractivity contribution in [1.29, 1.82) is 0 Å². The normalized spacial score (nSPS) is 20.5. The number of amides is 2. The number of aryl methyl sites for hydroxylation is 2. The van der Waals surface area contributed by atoms with Crippen LogP contribution in [0.3, 0.4) is 0 Å². The number of rotatable bonds is 4. The SMILES string of the molecule is Cc1noc(C)c1[C@H](C)CNC(=O)N[C@@H]1c2ccccc2C[C@H]1O. The molecule has 0 radical (unpaired) electrons. The second-order valence-corrected chi connectivity index (χ2v) is 6.44. The summed E-state index contributed by atoms with van der Waals surface area (Å²) < 4.78 is 5.17. The Labute approximate surface area is 141 Å². The molecule has 1 aliphatic carbocycles. The molecule has 128 valence electrons. The number of hydrogen-bond donors (Lipinski definition) is 3. The first-order valence-corrected chi connectivity index (χ1v) is 8.20. The van der Waals surface area contributed by atoms with E-state index in [-0.39, 0.29) is 18.0 Å². The molecule has 6 nitrogen and oxygen atoms in total. The van der Waals surface area contributed by atoms with Crippen molar-refractivity contribution in [2.24, 2.45) is 0 Å². The molecular weight excluding hydrogens is 306 g/mol. The second kappa shape index (κ2) is 6.65. The molecule has 1 aliphatic rings. The first-order valence-electron chi connectivity index (χ1n) is 8.20. The van der Waals surface area contributed by atoms with Gasteiger partial charge in [-0.15, -0.1) is 0 Å². The summed E-state index contributed by atoms with van der Waals surface area (Å²) in [5.41, 5.74) is 3.95. The van der Waals surface area contributed by atoms with E-state index in [9.17, 15) is 9.90 Å². The molecule has 3 rings (SSSR count). The van der Waals surface area contributed by atoms with Crippen LogP contribution >= 0.6 is 0 Å². The molecule has 24 heavy (non-hydrogen) atoms. The number of carbonyl (C=O) groups excluding carboxylic acids is 1. The summed E-state index contributed by atoms with van der Waals surface area (Å²) in [6, 6.07) is 7.15. The van der Waals surface area contributed by atoms with E-state index in [1.54, 1.807) is 0 Å². The summed E-state index contributed by atoms with van der Waals surface area (Å²) in [6.45, 7) is 6.26. The van der Waals surface area contributed by atoms with E-state index in [0.29, 0.717) is 13.0 Å². The number of benzene rings is 1. The number of carbonyl (C=O) groups is 1. The van der Waals surface area contributed by atoms with Crippen LogP contribution in [0.5, 0.6) is 0 Å². The molecule has 2 aromatic rings. The van der Waals surface area contributed by atoms with Gasteiger partial charge >= 0.3 is 6.03 Å². The highest BCUT2D eigenvalue weighted by atomic mass is 16.5. The Morgan fingerprint density at radius 1 is 1.42 bits per heavy atom. The van der Waals surface area contributed by atoms with Crippen molar-refractivity contribution in [3.8, 4) is 0 Å². The molecule has 3 atom stereocenters. The molecule has 0 fully saturated rings. The van der Waals surface area contributed by atoms with Gasteiger partial charge in [0.1, 0.15) is 5.76 Å². The molecule has 2 amide bonds. The zero-order valence-corrected chi connectivity index (χ0v) is 14.2. The number of aromatic nitrogens is 1. The number of nitrogens with zero attached hydrogens (tertiary/aromatic N) is 1. The van der Waals surface area contributed by atoms with Crippen molar-refractivity contribution in [3.05, 3.63) is 52.4 Å². The van der Waals surface area contributed by atoms with Gasteiger partial charge in [0.25, 0.3) is 0 Å². The van der Waals surface area contributed by atoms with Gasteiger partial charge in [0, 0.05) is 24.4 Å². The molecule has 6 heteroatoms. The molecule has 0 saturated carbocycles. The first-order chi connectivity index (χ1) is 11.5. The maximum absolute atomic E-state index is 12.2. The molecule has 0 bridgehead atoms. The minimum atomic E-state index is -0.590. The summed E-state index contributed by atoms with van der Waals surface area (Å²) in [5, 5.41) is 19.9. The first kappa shape index (κ1) is 16.5. The van der Waals surface area contributed by atoms with Crippen LogP contribution in [0.25, 0.3) is 0 Å². The third-order valence-corrected chi connectivity index (χ3v) is 4.64. The lowest BCUT2D eigenvalue weighted by atomic mass is 10.00. The summed E-state index contributed by atoms with van der Waals surface area (Å²) in [4.78, 5) is 12.2. The Kier molecular flexibility index (Phi) is 4.57. The van der Waals surface area contributed by atoms with Gasteiger partial charge in [-0.05, 0) is 25.0 Å². The fraction of sp³-hybridized carbons (Fsp3) is 0.444. The van der Waals surface area contributed by atoms with Crippen molar-refractivity contribution < 1.29 is 14.4 Å². The van der Waals surface area contributed by atoms with E-state index in [1.807, 2.05) is 45.0 Å². The molecule has 1 heterocycles. The largest absolute Gasteiger partial charge is 0.390 e. The van der Waals surface area contributed by atoms with Crippen LogP contribution in [0.1, 0.15) is 47.0 Å². The van der Waals surface area contributed by atoms with Crippen LogP contribution in [-0.4, -0.2) is 28.9 Å². The van der Waals surface area contributed by atoms with Gasteiger partial charge in [-0.1, -0.05) is 36.3 Å². The molecule has 0 spiro atoms. The topological polar surface area (TPSA) is 87.4 Å². The van der Waals surface area contributed by atoms with Crippen molar-refractivity contribution in [2.75, 3.05) is 6.54 Å². The van der Waals surface area contributed by atoms with Crippen LogP contribution in [0.4, 0.5) is 4.79 Å². The molecule has 0 unspecified atom stereocenters. The monoisotopic (exact) mass is 329 g/mol. The van der Waals surface area contributed by atoms with E-state index in [4.69, 9.17) is 4.52 Å². The maximum atomic E-state index is 12.2. The Hall–Kier alpha value is -2.34. The second-order valence-electron chi connectivity index (χ2n) is 6.44. The number of urea groups is 1. The predicted molar refractivity (Wildman–Crippen MR) is 89.8 cm³/mol. The predicted octanol–water partition coefficient (Wildman–Crippen LogP) is 2.35. The summed E-state index contributed by atoms with van der Waals surface area (Å²) in [6.07, 6.45) is -0.0236. The van der Waals surface area contributed by atoms with E-state index < -0.39 is 6.10 Å². The number of aliphatic hydroxyl groups is 1. The zero-order chi connectivity index (χ0) is 17.3. The standard InChI is InChI=1S/C18H23N3O3/c1-10(16-11(2)21-24-12(16)3)9-19-18(23)20-17-14-7-5-4-6-13(14)8-15(17)22/h4-7,10,15,17,22H,8-9H2,1-3H3,(H2,19,20,23)/t10-,15-,17-/m1/s1. The van der Waals surface area contributed by atoms with Gasteiger partial charge in [-0.25, -0.2) is 4.79 Å². The highest BCUT2D eigenvalue weighted by molar-refractivity contribution is 5.75. The van der Waals surface area contributed by atoms with Crippen LogP contribution in [0.2, 0.25) is 0 Å². The molecule has 1 aromatic heterocycles. The number of nitrogens with one attached hydrogen (secondary N) is 2. The molecule has 1 aromatic carbocycles. The number of aliphatic hydroxyl groups excluding tert-OH is 1. The Morgan fingerprint density at radius 3 is 2.88 bits per heavy atom. The van der Waals surface area contributed by atoms with Crippen molar-refractivity contribution in [3.63, 3.8) is 0 Å². The van der Waals surface area contributed by atoms with Crippen LogP contribution in [-0.2, 0) is 6.42 Å². The molecule has 3 N–H and O–H groups in total. The Morgan fingerprint density at radius 2 is 2.17 bits per heavy atom. The zero-order valence-electron chi connectivity index (χ0n) is 14.2. The summed E-state index contributed by atoms with van der Waals surface area (Å²) in [7, 11) is 0. The van der Waals surface area contributed by atoms with Gasteiger partial charge in [0.05, 0.1) is 17.8 Å². The van der Waals surface area contributed by atoms with Gasteiger partial charge in [0.2, 0.25) is 0 Å².